The van der Waals surface area contributed by atoms with Crippen LogP contribution in [-0.4, -0.2) is 25.7 Å². The molecular formula is C19H18Cl2N2. The van der Waals surface area contributed by atoms with Crippen LogP contribution in [0.2, 0.25) is 10.0 Å². The van der Waals surface area contributed by atoms with Gasteiger partial charge in [-0.3, -0.25) is 0 Å². The lowest BCUT2D eigenvalue weighted by Crippen LogP contribution is -2.43. The number of hydrogen-bond donors (Lipinski definition) is 1. The Labute approximate surface area is 146 Å². The fraction of sp³-hybridized carbons (Fsp3) is 0.368. The Hall–Kier alpha value is -1.22. The molecule has 0 radical (unpaired) electrons. The molecule has 3 heterocycles. The van der Waals surface area contributed by atoms with Gasteiger partial charge in [0.2, 0.25) is 0 Å². The van der Waals surface area contributed by atoms with Gasteiger partial charge in [0.25, 0.3) is 0 Å². The minimum atomic E-state index is 0.596. The van der Waals surface area contributed by atoms with Crippen molar-refractivity contribution in [1.29, 1.82) is 0 Å². The maximum atomic E-state index is 6.45. The summed E-state index contributed by atoms with van der Waals surface area (Å²) in [7, 11) is 0. The number of rotatable bonds is 1. The predicted molar refractivity (Wildman–Crippen MR) is 97.0 cm³/mol. The molecule has 0 bridgehead atoms. The molecule has 23 heavy (non-hydrogen) atoms. The third kappa shape index (κ3) is 1.98. The van der Waals surface area contributed by atoms with Gasteiger partial charge < -0.3 is 10.2 Å². The average Bonchev–Trinajstić information content (AvgIpc) is 3.11. The van der Waals surface area contributed by atoms with Crippen molar-refractivity contribution in [2.75, 3.05) is 24.5 Å². The number of nitrogens with zero attached hydrogens (tertiary/aromatic N) is 1. The van der Waals surface area contributed by atoms with Gasteiger partial charge in [0.05, 0.1) is 0 Å². The van der Waals surface area contributed by atoms with E-state index < -0.39 is 0 Å². The zero-order valence-electron chi connectivity index (χ0n) is 12.8. The SMILES string of the molecule is Clc1cccc(Cl)c1-c1cc2c3c(c1)[C@@H]1CNCC[C@@H]1N3CC2. The molecule has 0 aliphatic carbocycles. The van der Waals surface area contributed by atoms with E-state index in [4.69, 9.17) is 23.2 Å². The number of piperidine rings is 1. The Morgan fingerprint density at radius 3 is 2.78 bits per heavy atom. The summed E-state index contributed by atoms with van der Waals surface area (Å²) in [6, 6.07) is 11.1. The monoisotopic (exact) mass is 344 g/mol. The minimum absolute atomic E-state index is 0.596. The molecule has 0 aromatic heterocycles. The number of anilines is 1. The third-order valence-electron chi connectivity index (χ3n) is 5.62. The standard InChI is InChI=1S/C19H18Cl2N2/c20-15-2-1-3-16(21)18(15)12-8-11-5-7-23-17-4-6-22-10-14(17)13(9-12)19(11)23/h1-3,8-9,14,17,22H,4-7,10H2/t14-,17-/m0/s1. The van der Waals surface area contributed by atoms with E-state index in [0.29, 0.717) is 12.0 Å². The van der Waals surface area contributed by atoms with E-state index >= 15 is 0 Å². The molecule has 0 amide bonds. The van der Waals surface area contributed by atoms with Crippen LogP contribution >= 0.6 is 23.2 Å². The van der Waals surface area contributed by atoms with Gasteiger partial charge in [-0.1, -0.05) is 29.3 Å². The van der Waals surface area contributed by atoms with Crippen molar-refractivity contribution in [1.82, 2.24) is 5.32 Å². The Balaban J connectivity index is 1.71. The molecule has 4 heteroatoms. The Kier molecular flexibility index (Phi) is 3.16. The van der Waals surface area contributed by atoms with E-state index in [1.165, 1.54) is 28.8 Å². The molecule has 1 fully saturated rings. The van der Waals surface area contributed by atoms with Crippen molar-refractivity contribution < 1.29 is 0 Å². The molecule has 2 aromatic rings. The van der Waals surface area contributed by atoms with E-state index in [1.54, 1.807) is 0 Å². The van der Waals surface area contributed by atoms with Gasteiger partial charge in [0.1, 0.15) is 0 Å². The predicted octanol–water partition coefficient (Wildman–Crippen LogP) is 4.48. The van der Waals surface area contributed by atoms with Crippen molar-refractivity contribution in [3.05, 3.63) is 51.5 Å². The van der Waals surface area contributed by atoms with Gasteiger partial charge in [0, 0.05) is 46.3 Å². The first-order valence-corrected chi connectivity index (χ1v) is 9.08. The molecule has 0 unspecified atom stereocenters. The van der Waals surface area contributed by atoms with E-state index in [-0.39, 0.29) is 0 Å². The van der Waals surface area contributed by atoms with Crippen LogP contribution in [0.3, 0.4) is 0 Å². The first-order chi connectivity index (χ1) is 11.2. The van der Waals surface area contributed by atoms with Crippen LogP contribution in [0.25, 0.3) is 11.1 Å². The Morgan fingerprint density at radius 2 is 1.96 bits per heavy atom. The molecular weight excluding hydrogens is 327 g/mol. The lowest BCUT2D eigenvalue weighted by Gasteiger charge is -2.32. The van der Waals surface area contributed by atoms with E-state index in [2.05, 4.69) is 22.3 Å². The highest BCUT2D eigenvalue weighted by Crippen LogP contribution is 2.50. The van der Waals surface area contributed by atoms with Gasteiger partial charge >= 0.3 is 0 Å². The number of halogens is 2. The second-order valence-corrected chi connectivity index (χ2v) is 7.59. The summed E-state index contributed by atoms with van der Waals surface area (Å²) in [6.07, 6.45) is 2.37. The lowest BCUT2D eigenvalue weighted by atomic mass is 9.87. The summed E-state index contributed by atoms with van der Waals surface area (Å²) in [5.41, 5.74) is 6.59. The van der Waals surface area contributed by atoms with Crippen LogP contribution in [0.1, 0.15) is 23.5 Å². The van der Waals surface area contributed by atoms with Gasteiger partial charge in [-0.15, -0.1) is 0 Å². The molecule has 2 aromatic carbocycles. The van der Waals surface area contributed by atoms with Gasteiger partial charge in [0.15, 0.2) is 0 Å². The normalized spacial score (nSPS) is 24.7. The molecule has 1 saturated heterocycles. The first-order valence-electron chi connectivity index (χ1n) is 8.32. The molecule has 2 nitrogen and oxygen atoms in total. The zero-order valence-corrected chi connectivity index (χ0v) is 14.3. The largest absolute Gasteiger partial charge is 0.367 e. The molecule has 3 aliphatic heterocycles. The summed E-state index contributed by atoms with van der Waals surface area (Å²) in [5, 5.41) is 5.03. The highest BCUT2D eigenvalue weighted by Gasteiger charge is 2.43. The Morgan fingerprint density at radius 1 is 1.13 bits per heavy atom. The third-order valence-corrected chi connectivity index (χ3v) is 6.25. The topological polar surface area (TPSA) is 15.3 Å². The summed E-state index contributed by atoms with van der Waals surface area (Å²) < 4.78 is 0. The maximum Gasteiger partial charge on any atom is 0.0499 e. The highest BCUT2D eigenvalue weighted by atomic mass is 35.5. The molecule has 5 rings (SSSR count). The fourth-order valence-electron chi connectivity index (χ4n) is 4.68. The van der Waals surface area contributed by atoms with Gasteiger partial charge in [-0.2, -0.15) is 0 Å². The molecule has 0 saturated carbocycles. The van der Waals surface area contributed by atoms with Crippen LogP contribution in [0.4, 0.5) is 5.69 Å². The number of hydrogen-bond acceptors (Lipinski definition) is 2. The van der Waals surface area contributed by atoms with Crippen molar-refractivity contribution in [3.63, 3.8) is 0 Å². The lowest BCUT2D eigenvalue weighted by molar-refractivity contribution is 0.405. The molecule has 3 aliphatic rings. The quantitative estimate of drug-likeness (QED) is 0.820. The van der Waals surface area contributed by atoms with E-state index in [1.807, 2.05) is 18.2 Å². The fourth-order valence-corrected chi connectivity index (χ4v) is 5.30. The van der Waals surface area contributed by atoms with Crippen molar-refractivity contribution >= 4 is 28.9 Å². The van der Waals surface area contributed by atoms with Gasteiger partial charge in [-0.05, 0) is 60.3 Å². The summed E-state index contributed by atoms with van der Waals surface area (Å²) in [5.74, 6) is 0.596. The maximum absolute atomic E-state index is 6.45. The van der Waals surface area contributed by atoms with E-state index in [9.17, 15) is 0 Å². The smallest absolute Gasteiger partial charge is 0.0499 e. The molecule has 1 N–H and O–H groups in total. The summed E-state index contributed by atoms with van der Waals surface area (Å²) in [6.45, 7) is 3.36. The molecule has 2 atom stereocenters. The van der Waals surface area contributed by atoms with Crippen LogP contribution < -0.4 is 10.2 Å². The molecule has 118 valence electrons. The minimum Gasteiger partial charge on any atom is -0.367 e. The Bertz CT molecular complexity index is 782. The van der Waals surface area contributed by atoms with Crippen LogP contribution in [0, 0.1) is 0 Å². The number of benzene rings is 2. The van der Waals surface area contributed by atoms with Crippen molar-refractivity contribution in [2.45, 2.75) is 24.8 Å². The average molecular weight is 345 g/mol. The van der Waals surface area contributed by atoms with E-state index in [0.717, 1.165) is 41.7 Å². The number of nitrogens with one attached hydrogen (secondary N) is 1. The second kappa shape index (κ2) is 5.14. The second-order valence-electron chi connectivity index (χ2n) is 6.78. The van der Waals surface area contributed by atoms with Crippen LogP contribution in [0.5, 0.6) is 0 Å². The van der Waals surface area contributed by atoms with Gasteiger partial charge in [-0.25, -0.2) is 0 Å². The summed E-state index contributed by atoms with van der Waals surface area (Å²) in [4.78, 5) is 2.65. The zero-order chi connectivity index (χ0) is 15.6. The highest BCUT2D eigenvalue weighted by molar-refractivity contribution is 6.39. The van der Waals surface area contributed by atoms with Crippen LogP contribution in [-0.2, 0) is 6.42 Å². The van der Waals surface area contributed by atoms with Crippen LogP contribution in [0.15, 0.2) is 30.3 Å². The summed E-state index contributed by atoms with van der Waals surface area (Å²) >= 11 is 12.9. The molecule has 0 spiro atoms. The van der Waals surface area contributed by atoms with Crippen molar-refractivity contribution in [2.24, 2.45) is 0 Å². The number of fused-ring (bicyclic) bond motifs is 3. The first kappa shape index (κ1) is 14.2. The van der Waals surface area contributed by atoms with Crippen molar-refractivity contribution in [3.8, 4) is 11.1 Å².